The molecule has 1 aromatic heterocycles. The van der Waals surface area contributed by atoms with Gasteiger partial charge < -0.3 is 11.2 Å². The maximum absolute atomic E-state index is 12.5. The molecule has 0 aliphatic heterocycles. The first kappa shape index (κ1) is 17.7. The number of anilines is 1. The molecule has 124 valence electrons. The number of carbonyl (C=O) groups is 1. The molecule has 0 atom stereocenters. The Bertz CT molecular complexity index is 737. The van der Waals surface area contributed by atoms with Crippen molar-refractivity contribution in [3.8, 4) is 0 Å². The molecule has 0 aliphatic rings. The standard InChI is InChI=1S/C11H8Cl2F3N5OS/c12-6-2-1-5(3-7(6)13)18-8(22)4-23-10-20-19-9(21(10)17)11(14,15)16/h1-3H,4,17H2,(H,18,22). The summed E-state index contributed by atoms with van der Waals surface area (Å²) in [6.45, 7) is 0. The Kier molecular flexibility index (Phi) is 5.27. The lowest BCUT2D eigenvalue weighted by atomic mass is 10.3. The molecule has 3 N–H and O–H groups in total. The van der Waals surface area contributed by atoms with Gasteiger partial charge in [0.25, 0.3) is 5.82 Å². The molecular weight excluding hydrogens is 378 g/mol. The van der Waals surface area contributed by atoms with Crippen molar-refractivity contribution in [3.63, 3.8) is 0 Å². The predicted molar refractivity (Wildman–Crippen MR) is 81.0 cm³/mol. The quantitative estimate of drug-likeness (QED) is 0.623. The number of benzene rings is 1. The summed E-state index contributed by atoms with van der Waals surface area (Å²) in [5.74, 6) is 3.21. The van der Waals surface area contributed by atoms with E-state index >= 15 is 0 Å². The highest BCUT2D eigenvalue weighted by atomic mass is 35.5. The lowest BCUT2D eigenvalue weighted by Crippen LogP contribution is -2.22. The molecule has 0 fully saturated rings. The highest BCUT2D eigenvalue weighted by Crippen LogP contribution is 2.29. The summed E-state index contributed by atoms with van der Waals surface area (Å²) in [4.78, 5) is 11.8. The number of nitrogens with two attached hydrogens (primary N) is 1. The summed E-state index contributed by atoms with van der Waals surface area (Å²) in [7, 11) is 0. The van der Waals surface area contributed by atoms with E-state index in [1.807, 2.05) is 0 Å². The second-order valence-electron chi connectivity index (χ2n) is 4.14. The predicted octanol–water partition coefficient (Wildman–Crippen LogP) is 3.05. The Hall–Kier alpha value is -1.65. The van der Waals surface area contributed by atoms with Crippen molar-refractivity contribution in [2.75, 3.05) is 16.9 Å². The summed E-state index contributed by atoms with van der Waals surface area (Å²) < 4.78 is 37.8. The van der Waals surface area contributed by atoms with E-state index in [9.17, 15) is 18.0 Å². The van der Waals surface area contributed by atoms with Crippen LogP contribution < -0.4 is 11.2 Å². The minimum absolute atomic E-state index is 0.215. The number of aromatic nitrogens is 3. The average Bonchev–Trinajstić information content (AvgIpc) is 2.82. The van der Waals surface area contributed by atoms with Crippen LogP contribution in [0.25, 0.3) is 0 Å². The summed E-state index contributed by atoms with van der Waals surface area (Å²) >= 11 is 12.3. The van der Waals surface area contributed by atoms with Gasteiger partial charge in [-0.05, 0) is 18.2 Å². The Morgan fingerprint density at radius 3 is 2.57 bits per heavy atom. The van der Waals surface area contributed by atoms with Gasteiger partial charge in [-0.3, -0.25) is 4.79 Å². The van der Waals surface area contributed by atoms with Gasteiger partial charge in [-0.2, -0.15) is 13.2 Å². The fourth-order valence-corrected chi connectivity index (χ4v) is 2.42. The van der Waals surface area contributed by atoms with E-state index in [2.05, 4.69) is 15.5 Å². The van der Waals surface area contributed by atoms with Crippen LogP contribution in [-0.2, 0) is 11.0 Å². The molecule has 0 unspecified atom stereocenters. The van der Waals surface area contributed by atoms with Crippen LogP contribution in [-0.4, -0.2) is 26.5 Å². The van der Waals surface area contributed by atoms with Crippen molar-refractivity contribution in [2.45, 2.75) is 11.3 Å². The molecule has 0 saturated heterocycles. The molecule has 1 heterocycles. The number of carbonyl (C=O) groups excluding carboxylic acids is 1. The number of nitrogens with one attached hydrogen (secondary N) is 1. The molecule has 2 rings (SSSR count). The number of nitrogen functional groups attached to an aromatic ring is 1. The summed E-state index contributed by atoms with van der Waals surface area (Å²) in [5.41, 5.74) is 0.398. The van der Waals surface area contributed by atoms with Gasteiger partial charge in [0.15, 0.2) is 0 Å². The number of alkyl halides is 3. The molecule has 0 bridgehead atoms. The van der Waals surface area contributed by atoms with E-state index in [0.29, 0.717) is 22.5 Å². The van der Waals surface area contributed by atoms with Gasteiger partial charge >= 0.3 is 6.18 Å². The van der Waals surface area contributed by atoms with Crippen molar-refractivity contribution in [2.24, 2.45) is 0 Å². The van der Waals surface area contributed by atoms with Crippen LogP contribution in [0.15, 0.2) is 23.4 Å². The maximum atomic E-state index is 12.5. The topological polar surface area (TPSA) is 85.8 Å². The van der Waals surface area contributed by atoms with E-state index in [1.54, 1.807) is 0 Å². The van der Waals surface area contributed by atoms with Crippen molar-refractivity contribution in [3.05, 3.63) is 34.1 Å². The van der Waals surface area contributed by atoms with Crippen LogP contribution in [0.2, 0.25) is 10.0 Å². The van der Waals surface area contributed by atoms with Gasteiger partial charge in [-0.25, -0.2) is 4.68 Å². The van der Waals surface area contributed by atoms with Crippen LogP contribution in [0.5, 0.6) is 0 Å². The molecule has 2 aromatic rings. The molecule has 1 aromatic carbocycles. The Labute approximate surface area is 142 Å². The number of hydrogen-bond acceptors (Lipinski definition) is 5. The zero-order chi connectivity index (χ0) is 17.2. The normalized spacial score (nSPS) is 11.5. The molecule has 0 spiro atoms. The van der Waals surface area contributed by atoms with E-state index in [-0.39, 0.29) is 20.6 Å². The molecule has 6 nitrogen and oxygen atoms in total. The number of amides is 1. The second kappa shape index (κ2) is 6.85. The molecular formula is C11H8Cl2F3N5OS. The monoisotopic (exact) mass is 385 g/mol. The minimum Gasteiger partial charge on any atom is -0.335 e. The first-order valence-electron chi connectivity index (χ1n) is 5.84. The van der Waals surface area contributed by atoms with Gasteiger partial charge in [-0.15, -0.1) is 10.2 Å². The van der Waals surface area contributed by atoms with E-state index in [4.69, 9.17) is 29.0 Å². The summed E-state index contributed by atoms with van der Waals surface area (Å²) in [6, 6.07) is 4.47. The van der Waals surface area contributed by atoms with E-state index in [0.717, 1.165) is 0 Å². The lowest BCUT2D eigenvalue weighted by molar-refractivity contribution is -0.146. The molecule has 0 saturated carbocycles. The van der Waals surface area contributed by atoms with Crippen molar-refractivity contribution >= 4 is 46.6 Å². The SMILES string of the molecule is Nn1c(SCC(=O)Nc2ccc(Cl)c(Cl)c2)nnc1C(F)(F)F. The maximum Gasteiger partial charge on any atom is 0.453 e. The van der Waals surface area contributed by atoms with Crippen LogP contribution >= 0.6 is 35.0 Å². The van der Waals surface area contributed by atoms with Gasteiger partial charge in [0.05, 0.1) is 15.8 Å². The Balaban J connectivity index is 1.97. The van der Waals surface area contributed by atoms with E-state index < -0.39 is 17.9 Å². The van der Waals surface area contributed by atoms with Crippen LogP contribution in [0.3, 0.4) is 0 Å². The smallest absolute Gasteiger partial charge is 0.335 e. The first-order chi connectivity index (χ1) is 10.7. The first-order valence-corrected chi connectivity index (χ1v) is 7.58. The van der Waals surface area contributed by atoms with Crippen molar-refractivity contribution < 1.29 is 18.0 Å². The van der Waals surface area contributed by atoms with Crippen molar-refractivity contribution in [1.29, 1.82) is 0 Å². The van der Waals surface area contributed by atoms with Gasteiger partial charge in [0.2, 0.25) is 11.1 Å². The Morgan fingerprint density at radius 2 is 2.00 bits per heavy atom. The fraction of sp³-hybridized carbons (Fsp3) is 0.182. The number of thioether (sulfide) groups is 1. The third-order valence-electron chi connectivity index (χ3n) is 2.45. The largest absolute Gasteiger partial charge is 0.453 e. The molecule has 1 amide bonds. The zero-order valence-corrected chi connectivity index (χ0v) is 13.4. The molecule has 0 radical (unpaired) electrons. The van der Waals surface area contributed by atoms with Gasteiger partial charge in [0.1, 0.15) is 0 Å². The van der Waals surface area contributed by atoms with Crippen LogP contribution in [0, 0.1) is 0 Å². The third-order valence-corrected chi connectivity index (χ3v) is 4.14. The van der Waals surface area contributed by atoms with Gasteiger partial charge in [-0.1, -0.05) is 35.0 Å². The van der Waals surface area contributed by atoms with Crippen LogP contribution in [0.1, 0.15) is 5.82 Å². The zero-order valence-electron chi connectivity index (χ0n) is 11.1. The number of rotatable bonds is 4. The minimum atomic E-state index is -4.72. The lowest BCUT2D eigenvalue weighted by Gasteiger charge is -2.07. The fourth-order valence-electron chi connectivity index (χ4n) is 1.47. The highest BCUT2D eigenvalue weighted by Gasteiger charge is 2.38. The Morgan fingerprint density at radius 1 is 1.30 bits per heavy atom. The molecule has 12 heteroatoms. The van der Waals surface area contributed by atoms with Gasteiger partial charge in [0, 0.05) is 5.69 Å². The summed E-state index contributed by atoms with van der Waals surface area (Å²) in [6.07, 6.45) is -4.72. The number of halogens is 5. The van der Waals surface area contributed by atoms with Crippen LogP contribution in [0.4, 0.5) is 18.9 Å². The summed E-state index contributed by atoms with van der Waals surface area (Å²) in [5, 5.41) is 9.11. The van der Waals surface area contributed by atoms with Crippen molar-refractivity contribution in [1.82, 2.24) is 14.9 Å². The second-order valence-corrected chi connectivity index (χ2v) is 5.90. The van der Waals surface area contributed by atoms with E-state index in [1.165, 1.54) is 18.2 Å². The molecule has 0 aliphatic carbocycles. The third kappa shape index (κ3) is 4.43. The number of hydrogen-bond donors (Lipinski definition) is 2. The number of nitrogens with zero attached hydrogens (tertiary/aromatic N) is 3. The average molecular weight is 386 g/mol. The highest BCUT2D eigenvalue weighted by molar-refractivity contribution is 7.99. The molecule has 23 heavy (non-hydrogen) atoms.